The van der Waals surface area contributed by atoms with Gasteiger partial charge >= 0.3 is 12.1 Å². The van der Waals surface area contributed by atoms with Crippen LogP contribution in [0.5, 0.6) is 11.6 Å². The number of nitrogens with one attached hydrogen (secondary N) is 3. The van der Waals surface area contributed by atoms with Crippen LogP contribution in [0.25, 0.3) is 10.8 Å². The summed E-state index contributed by atoms with van der Waals surface area (Å²) in [5, 5.41) is 9.79. The molecule has 3 rings (SSSR count). The first-order chi connectivity index (χ1) is 25.1. The fraction of sp³-hybridized carbons (Fsp3) is 0.486. The monoisotopic (exact) mass is 726 g/mol. The number of alkyl carbamates (subject to hydrolysis) is 1. The molecule has 15 heteroatoms. The first-order valence-corrected chi connectivity index (χ1v) is 17.1. The maximum Gasteiger partial charge on any atom is 0.407 e. The number of fused-ring (bicyclic) bond motifs is 1. The summed E-state index contributed by atoms with van der Waals surface area (Å²) >= 11 is 0. The highest BCUT2D eigenvalue weighted by Crippen LogP contribution is 2.31. The average Bonchev–Trinajstić information content (AvgIpc) is 3.12. The van der Waals surface area contributed by atoms with Crippen LogP contribution in [0, 0.1) is 0 Å². The Kier molecular flexibility index (Phi) is 18.3. The van der Waals surface area contributed by atoms with Gasteiger partial charge in [-0.05, 0) is 50.8 Å². The van der Waals surface area contributed by atoms with Gasteiger partial charge in [-0.15, -0.1) is 0 Å². The van der Waals surface area contributed by atoms with E-state index >= 15 is 0 Å². The molecule has 3 aromatic rings. The molecule has 0 radical (unpaired) electrons. The molecule has 0 spiro atoms. The number of pyridine rings is 1. The molecule has 3 N–H and O–H groups in total. The van der Waals surface area contributed by atoms with Gasteiger partial charge in [0.05, 0.1) is 65.5 Å². The quantitative estimate of drug-likeness (QED) is 0.0944. The first kappa shape index (κ1) is 41.6. The molecule has 0 aliphatic carbocycles. The fourth-order valence-electron chi connectivity index (χ4n) is 4.53. The van der Waals surface area contributed by atoms with Gasteiger partial charge in [0.15, 0.2) is 0 Å². The van der Waals surface area contributed by atoms with E-state index in [1.54, 1.807) is 57.2 Å². The van der Waals surface area contributed by atoms with Gasteiger partial charge in [0.25, 0.3) is 5.91 Å². The van der Waals surface area contributed by atoms with Crippen LogP contribution < -0.4 is 20.7 Å². The lowest BCUT2D eigenvalue weighted by Crippen LogP contribution is -2.34. The van der Waals surface area contributed by atoms with Crippen molar-refractivity contribution in [2.45, 2.75) is 39.2 Å². The molecule has 0 atom stereocenters. The van der Waals surface area contributed by atoms with Crippen molar-refractivity contribution < 1.29 is 52.3 Å². The van der Waals surface area contributed by atoms with E-state index in [-0.39, 0.29) is 24.8 Å². The van der Waals surface area contributed by atoms with Gasteiger partial charge in [0.2, 0.25) is 11.8 Å². The highest BCUT2D eigenvalue weighted by atomic mass is 16.6. The summed E-state index contributed by atoms with van der Waals surface area (Å²) in [5.41, 5.74) is 0.261. The summed E-state index contributed by atoms with van der Waals surface area (Å²) < 4.78 is 37.5. The third kappa shape index (κ3) is 16.0. The minimum atomic E-state index is -0.535. The number of benzene rings is 2. The molecule has 2 aromatic carbocycles. The van der Waals surface area contributed by atoms with Crippen molar-refractivity contribution in [3.8, 4) is 11.6 Å². The van der Waals surface area contributed by atoms with Crippen molar-refractivity contribution in [2.75, 3.05) is 79.6 Å². The number of aromatic nitrogens is 1. The SMILES string of the molecule is COC(=O)c1ccc(Oc2cccc3c(C(=O)NCCCNC(=O)CCOCCOCCOCCOCCNC(=O)OC(C)(C)C)cccc23)nc1. The molecule has 284 valence electrons. The zero-order valence-corrected chi connectivity index (χ0v) is 30.3. The molecule has 0 fully saturated rings. The zero-order chi connectivity index (χ0) is 37.6. The summed E-state index contributed by atoms with van der Waals surface area (Å²) in [5.74, 6) is -0.0718. The highest BCUT2D eigenvalue weighted by Gasteiger charge is 2.16. The summed E-state index contributed by atoms with van der Waals surface area (Å²) in [6.45, 7) is 9.53. The van der Waals surface area contributed by atoms with E-state index in [9.17, 15) is 19.2 Å². The molecule has 0 saturated carbocycles. The van der Waals surface area contributed by atoms with Crippen LogP contribution in [0.1, 0.15) is 54.3 Å². The van der Waals surface area contributed by atoms with Crippen LogP contribution in [0.15, 0.2) is 54.7 Å². The van der Waals surface area contributed by atoms with Crippen LogP contribution in [-0.4, -0.2) is 114 Å². The molecule has 52 heavy (non-hydrogen) atoms. The van der Waals surface area contributed by atoms with Gasteiger partial charge < -0.3 is 49.1 Å². The second kappa shape index (κ2) is 22.9. The normalized spacial score (nSPS) is 11.2. The van der Waals surface area contributed by atoms with E-state index in [2.05, 4.69) is 20.9 Å². The largest absolute Gasteiger partial charge is 0.465 e. The van der Waals surface area contributed by atoms with Crippen molar-refractivity contribution in [3.63, 3.8) is 0 Å². The standard InChI is InChI=1S/C37H50N4O11/c1-37(2,3)52-36(45)40-17-19-48-21-23-50-25-24-49-22-20-47-18-14-32(42)38-15-7-16-39-34(43)30-10-5-9-29-28(30)8-6-11-31(29)51-33-13-12-27(26-41-33)35(44)46-4/h5-6,8-13,26H,7,14-25H2,1-4H3,(H,38,42)(H,39,43)(H,40,45). The van der Waals surface area contributed by atoms with Crippen molar-refractivity contribution in [1.29, 1.82) is 0 Å². The van der Waals surface area contributed by atoms with Crippen LogP contribution in [-0.2, 0) is 33.2 Å². The Balaban J connectivity index is 1.19. The molecular weight excluding hydrogens is 676 g/mol. The minimum absolute atomic E-state index is 0.139. The lowest BCUT2D eigenvalue weighted by Gasteiger charge is -2.19. The van der Waals surface area contributed by atoms with E-state index < -0.39 is 17.7 Å². The van der Waals surface area contributed by atoms with Crippen LogP contribution in [0.3, 0.4) is 0 Å². The Morgan fingerprint density at radius 3 is 1.98 bits per heavy atom. The van der Waals surface area contributed by atoms with Crippen LogP contribution >= 0.6 is 0 Å². The number of ether oxygens (including phenoxy) is 7. The topological polar surface area (TPSA) is 182 Å². The van der Waals surface area contributed by atoms with E-state index in [4.69, 9.17) is 33.2 Å². The van der Waals surface area contributed by atoms with E-state index in [1.165, 1.54) is 13.3 Å². The minimum Gasteiger partial charge on any atom is -0.465 e. The number of esters is 1. The van der Waals surface area contributed by atoms with Gasteiger partial charge in [-0.1, -0.05) is 24.3 Å². The molecule has 15 nitrogen and oxygen atoms in total. The fourth-order valence-corrected chi connectivity index (χ4v) is 4.53. The Bertz CT molecular complexity index is 1560. The van der Waals surface area contributed by atoms with Gasteiger partial charge in [-0.25, -0.2) is 14.6 Å². The number of amides is 3. The van der Waals surface area contributed by atoms with Gasteiger partial charge in [-0.3, -0.25) is 9.59 Å². The molecule has 0 saturated heterocycles. The Hall–Kier alpha value is -4.83. The Morgan fingerprint density at radius 1 is 0.692 bits per heavy atom. The van der Waals surface area contributed by atoms with Crippen molar-refractivity contribution in [2.24, 2.45) is 0 Å². The van der Waals surface area contributed by atoms with Crippen LogP contribution in [0.2, 0.25) is 0 Å². The summed E-state index contributed by atoms with van der Waals surface area (Å²) in [6, 6.07) is 13.9. The van der Waals surface area contributed by atoms with Crippen molar-refractivity contribution in [3.05, 3.63) is 65.9 Å². The predicted molar refractivity (Wildman–Crippen MR) is 192 cm³/mol. The predicted octanol–water partition coefficient (Wildman–Crippen LogP) is 4.03. The molecule has 0 aliphatic rings. The second-order valence-corrected chi connectivity index (χ2v) is 12.2. The third-order valence-electron chi connectivity index (χ3n) is 6.96. The maximum absolute atomic E-state index is 13.0. The third-order valence-corrected chi connectivity index (χ3v) is 6.96. The van der Waals surface area contributed by atoms with Crippen molar-refractivity contribution in [1.82, 2.24) is 20.9 Å². The molecule has 1 heterocycles. The zero-order valence-electron chi connectivity index (χ0n) is 30.3. The Labute approximate surface area is 304 Å². The molecule has 0 unspecified atom stereocenters. The second-order valence-electron chi connectivity index (χ2n) is 12.2. The van der Waals surface area contributed by atoms with E-state index in [0.717, 1.165) is 5.39 Å². The smallest absolute Gasteiger partial charge is 0.407 e. The number of rotatable bonds is 23. The van der Waals surface area contributed by atoms with Gasteiger partial charge in [-0.2, -0.15) is 0 Å². The van der Waals surface area contributed by atoms with E-state index in [0.29, 0.717) is 100 Å². The summed E-state index contributed by atoms with van der Waals surface area (Å²) in [4.78, 5) is 52.5. The lowest BCUT2D eigenvalue weighted by atomic mass is 10.0. The summed E-state index contributed by atoms with van der Waals surface area (Å²) in [7, 11) is 1.30. The molecule has 1 aromatic heterocycles. The maximum atomic E-state index is 13.0. The first-order valence-electron chi connectivity index (χ1n) is 17.1. The number of hydrogen-bond acceptors (Lipinski definition) is 12. The van der Waals surface area contributed by atoms with E-state index in [1.807, 2.05) is 12.1 Å². The highest BCUT2D eigenvalue weighted by molar-refractivity contribution is 6.08. The average molecular weight is 727 g/mol. The summed E-state index contributed by atoms with van der Waals surface area (Å²) in [6.07, 6.45) is 1.67. The number of nitrogens with zero attached hydrogens (tertiary/aromatic N) is 1. The number of methoxy groups -OCH3 is 1. The van der Waals surface area contributed by atoms with Gasteiger partial charge in [0.1, 0.15) is 11.4 Å². The molecule has 0 aliphatic heterocycles. The molecule has 0 bridgehead atoms. The molecule has 3 amide bonds. The van der Waals surface area contributed by atoms with Gasteiger partial charge in [0, 0.05) is 49.3 Å². The number of carbonyl (C=O) groups excluding carboxylic acids is 4. The van der Waals surface area contributed by atoms with Crippen LogP contribution in [0.4, 0.5) is 4.79 Å². The Morgan fingerprint density at radius 2 is 1.33 bits per heavy atom. The molecular formula is C37H50N4O11. The van der Waals surface area contributed by atoms with Crippen molar-refractivity contribution >= 4 is 34.6 Å². The number of hydrogen-bond donors (Lipinski definition) is 3. The lowest BCUT2D eigenvalue weighted by molar-refractivity contribution is -0.122. The number of carbonyl (C=O) groups is 4.